The van der Waals surface area contributed by atoms with Crippen molar-refractivity contribution in [2.24, 2.45) is 5.16 Å². The molecule has 0 aliphatic rings. The number of carbonyl (C=O) groups is 1. The number of carboxylic acid groups (broad SMARTS) is 1. The van der Waals surface area contributed by atoms with Crippen LogP contribution in [0.4, 0.5) is 5.13 Å². The van der Waals surface area contributed by atoms with E-state index < -0.39 is 5.97 Å². The summed E-state index contributed by atoms with van der Waals surface area (Å²) in [5, 5.41) is 29.1. The van der Waals surface area contributed by atoms with Crippen LogP contribution in [0.1, 0.15) is 24.6 Å². The minimum Gasteiger partial charge on any atom is -0.477 e. The summed E-state index contributed by atoms with van der Waals surface area (Å²) in [7, 11) is 0. The number of thiazole rings is 1. The molecule has 11 heteroatoms. The van der Waals surface area contributed by atoms with Crippen molar-refractivity contribution in [3.8, 4) is 22.5 Å². The normalized spacial score (nSPS) is 11.1. The maximum Gasteiger partial charge on any atom is 0.350 e. The fourth-order valence-corrected chi connectivity index (χ4v) is 4.26. The van der Waals surface area contributed by atoms with Gasteiger partial charge in [0.05, 0.1) is 5.69 Å². The van der Waals surface area contributed by atoms with Crippen molar-refractivity contribution >= 4 is 28.7 Å². The third-order valence-corrected chi connectivity index (χ3v) is 5.86. The summed E-state index contributed by atoms with van der Waals surface area (Å²) in [6.07, 6.45) is 1.69. The lowest BCUT2D eigenvalue weighted by molar-refractivity contribution is -0.129. The number of tetrazole rings is 1. The minimum atomic E-state index is -1.16. The summed E-state index contributed by atoms with van der Waals surface area (Å²) >= 11 is 1.53. The molecule has 2 aromatic heterocycles. The first-order valence-corrected chi connectivity index (χ1v) is 11.5. The molecule has 174 valence electrons. The van der Waals surface area contributed by atoms with Gasteiger partial charge in [-0.1, -0.05) is 60.6 Å². The number of nitrogens with zero attached hydrogens (tertiary/aromatic N) is 6. The Labute approximate surface area is 199 Å². The molecule has 0 saturated heterocycles. The van der Waals surface area contributed by atoms with E-state index in [1.165, 1.54) is 11.3 Å². The highest BCUT2D eigenvalue weighted by atomic mass is 32.1. The molecule has 0 bridgehead atoms. The van der Waals surface area contributed by atoms with E-state index in [0.29, 0.717) is 24.3 Å². The van der Waals surface area contributed by atoms with Crippen LogP contribution in [-0.2, 0) is 22.8 Å². The molecule has 2 aromatic carbocycles. The highest BCUT2D eigenvalue weighted by molar-refractivity contribution is 7.13. The lowest BCUT2D eigenvalue weighted by Crippen LogP contribution is -2.23. The topological polar surface area (TPSA) is 129 Å². The molecule has 0 atom stereocenters. The zero-order chi connectivity index (χ0) is 23.8. The van der Waals surface area contributed by atoms with E-state index in [0.717, 1.165) is 40.4 Å². The summed E-state index contributed by atoms with van der Waals surface area (Å²) in [5.41, 5.74) is 4.89. The van der Waals surface area contributed by atoms with Crippen LogP contribution in [0.15, 0.2) is 59.1 Å². The summed E-state index contributed by atoms with van der Waals surface area (Å²) in [6.45, 7) is 3.82. The number of benzene rings is 2. The predicted molar refractivity (Wildman–Crippen MR) is 129 cm³/mol. The van der Waals surface area contributed by atoms with E-state index in [4.69, 9.17) is 9.94 Å². The van der Waals surface area contributed by atoms with E-state index >= 15 is 0 Å². The molecule has 0 radical (unpaired) electrons. The van der Waals surface area contributed by atoms with Crippen LogP contribution in [0.5, 0.6) is 0 Å². The minimum absolute atomic E-state index is 0.120. The van der Waals surface area contributed by atoms with Crippen molar-refractivity contribution < 1.29 is 14.7 Å². The highest BCUT2D eigenvalue weighted by Gasteiger charge is 2.13. The number of nitrogens with one attached hydrogen (secondary N) is 1. The Morgan fingerprint density at radius 3 is 2.71 bits per heavy atom. The van der Waals surface area contributed by atoms with Crippen LogP contribution in [-0.4, -0.2) is 49.4 Å². The molecule has 0 aliphatic carbocycles. The van der Waals surface area contributed by atoms with Gasteiger partial charge in [0.2, 0.25) is 5.82 Å². The molecule has 2 heterocycles. The third kappa shape index (κ3) is 5.81. The lowest BCUT2D eigenvalue weighted by atomic mass is 9.98. The van der Waals surface area contributed by atoms with Crippen molar-refractivity contribution in [3.63, 3.8) is 0 Å². The second kappa shape index (κ2) is 11.1. The van der Waals surface area contributed by atoms with Crippen molar-refractivity contribution in [1.29, 1.82) is 0 Å². The molecule has 0 aliphatic heterocycles. The average Bonchev–Trinajstić information content (AvgIpc) is 3.55. The fourth-order valence-electron chi connectivity index (χ4n) is 3.42. The molecular weight excluding hydrogens is 454 g/mol. The van der Waals surface area contributed by atoms with Gasteiger partial charge in [-0.05, 0) is 28.3 Å². The molecule has 0 spiro atoms. The van der Waals surface area contributed by atoms with Crippen molar-refractivity contribution in [3.05, 3.63) is 65.2 Å². The number of aromatic nitrogens is 5. The number of anilines is 1. The number of aliphatic carboxylic acids is 1. The monoisotopic (exact) mass is 477 g/mol. The molecule has 2 N–H and O–H groups in total. The first-order valence-electron chi connectivity index (χ1n) is 10.6. The molecule has 34 heavy (non-hydrogen) atoms. The molecule has 0 amide bonds. The number of hydrogen-bond acceptors (Lipinski definition) is 9. The average molecular weight is 478 g/mol. The van der Waals surface area contributed by atoms with Gasteiger partial charge in [0.15, 0.2) is 18.0 Å². The number of H-pyrrole nitrogens is 1. The van der Waals surface area contributed by atoms with E-state index in [2.05, 4.69) is 66.9 Å². The Bertz CT molecular complexity index is 1240. The summed E-state index contributed by atoms with van der Waals surface area (Å²) in [6, 6.07) is 16.4. The van der Waals surface area contributed by atoms with Gasteiger partial charge in [-0.3, -0.25) is 0 Å². The molecular formula is C23H23N7O3S. The first-order chi connectivity index (χ1) is 16.6. The van der Waals surface area contributed by atoms with Crippen molar-refractivity contribution in [1.82, 2.24) is 25.6 Å². The number of aromatic amines is 1. The van der Waals surface area contributed by atoms with Gasteiger partial charge < -0.3 is 14.8 Å². The summed E-state index contributed by atoms with van der Waals surface area (Å²) < 4.78 is 0. The second-order valence-corrected chi connectivity index (χ2v) is 8.20. The number of rotatable bonds is 11. The summed E-state index contributed by atoms with van der Waals surface area (Å²) in [5.74, 6) is -0.594. The SMILES string of the molecule is CCCN(Cc1ccc(-c2ccccc2-c2nn[nH]n2)cc1)c1nc(CON=CC(=O)O)cs1. The zero-order valence-corrected chi connectivity index (χ0v) is 19.3. The van der Waals surface area contributed by atoms with Crippen LogP contribution < -0.4 is 4.90 Å². The van der Waals surface area contributed by atoms with Crippen LogP contribution in [0, 0.1) is 0 Å². The molecule has 4 rings (SSSR count). The Morgan fingerprint density at radius 1 is 1.21 bits per heavy atom. The molecule has 10 nitrogen and oxygen atoms in total. The van der Waals surface area contributed by atoms with E-state index in [-0.39, 0.29) is 6.61 Å². The maximum absolute atomic E-state index is 10.5. The van der Waals surface area contributed by atoms with E-state index in [9.17, 15) is 4.79 Å². The van der Waals surface area contributed by atoms with Crippen LogP contribution in [0.25, 0.3) is 22.5 Å². The van der Waals surface area contributed by atoms with E-state index in [1.54, 1.807) is 0 Å². The van der Waals surface area contributed by atoms with Gasteiger partial charge in [0.25, 0.3) is 0 Å². The molecule has 0 saturated carbocycles. The summed E-state index contributed by atoms with van der Waals surface area (Å²) in [4.78, 5) is 22.3. The third-order valence-electron chi connectivity index (χ3n) is 4.91. The molecule has 4 aromatic rings. The highest BCUT2D eigenvalue weighted by Crippen LogP contribution is 2.30. The van der Waals surface area contributed by atoms with Gasteiger partial charge in [0, 0.05) is 24.0 Å². The first kappa shape index (κ1) is 23.1. The predicted octanol–water partition coefficient (Wildman–Crippen LogP) is 3.99. The smallest absolute Gasteiger partial charge is 0.350 e. The molecule has 0 unspecified atom stereocenters. The fraction of sp³-hybridized carbons (Fsp3) is 0.217. The Kier molecular flexibility index (Phi) is 7.56. The zero-order valence-electron chi connectivity index (χ0n) is 18.5. The Hall–Kier alpha value is -4.12. The number of carboxylic acids is 1. The Balaban J connectivity index is 1.46. The quantitative estimate of drug-likeness (QED) is 0.245. The van der Waals surface area contributed by atoms with Crippen LogP contribution in [0.3, 0.4) is 0 Å². The van der Waals surface area contributed by atoms with Gasteiger partial charge >= 0.3 is 5.97 Å². The maximum atomic E-state index is 10.5. The van der Waals surface area contributed by atoms with Crippen molar-refractivity contribution in [2.45, 2.75) is 26.5 Å². The Morgan fingerprint density at radius 2 is 2.00 bits per heavy atom. The number of oxime groups is 1. The second-order valence-electron chi connectivity index (χ2n) is 7.37. The van der Waals surface area contributed by atoms with Crippen LogP contribution in [0.2, 0.25) is 0 Å². The largest absolute Gasteiger partial charge is 0.477 e. The van der Waals surface area contributed by atoms with Crippen LogP contribution >= 0.6 is 11.3 Å². The van der Waals surface area contributed by atoms with Gasteiger partial charge in [-0.25, -0.2) is 9.78 Å². The number of hydrogen-bond donors (Lipinski definition) is 2. The molecule has 0 fully saturated rings. The van der Waals surface area contributed by atoms with Gasteiger partial charge in [-0.2, -0.15) is 5.21 Å². The van der Waals surface area contributed by atoms with E-state index in [1.807, 2.05) is 29.6 Å². The van der Waals surface area contributed by atoms with Crippen molar-refractivity contribution in [2.75, 3.05) is 11.4 Å². The lowest BCUT2D eigenvalue weighted by Gasteiger charge is -2.21. The van der Waals surface area contributed by atoms with Gasteiger partial charge in [0.1, 0.15) is 0 Å². The van der Waals surface area contributed by atoms with Gasteiger partial charge in [-0.15, -0.1) is 21.5 Å². The standard InChI is InChI=1S/C23H23N7O3S/c1-2-11-30(23-25-18(15-34-23)14-33-24-12-21(31)32)13-16-7-9-17(10-8-16)19-5-3-4-6-20(19)22-26-28-29-27-22/h3-10,12,15H,2,11,13-14H2,1H3,(H,31,32)(H,26,27,28,29).